The van der Waals surface area contributed by atoms with E-state index in [9.17, 15) is 19.8 Å². The first kappa shape index (κ1) is 20.9. The van der Waals surface area contributed by atoms with Crippen LogP contribution in [0.2, 0.25) is 0 Å². The Hall–Kier alpha value is -3.11. The van der Waals surface area contributed by atoms with Gasteiger partial charge in [0.25, 0.3) is 0 Å². The Morgan fingerprint density at radius 3 is 2.35 bits per heavy atom. The fourth-order valence-corrected chi connectivity index (χ4v) is 1.85. The van der Waals surface area contributed by atoms with E-state index in [0.29, 0.717) is 11.2 Å². The minimum atomic E-state index is -1.11. The minimum absolute atomic E-state index is 0.0913. The second-order valence-corrected chi connectivity index (χ2v) is 6.40. The number of amides is 1. The van der Waals surface area contributed by atoms with Gasteiger partial charge in [0, 0.05) is 18.7 Å². The van der Waals surface area contributed by atoms with Crippen LogP contribution in [0.25, 0.3) is 0 Å². The lowest BCUT2D eigenvalue weighted by atomic mass is 10.1. The van der Waals surface area contributed by atoms with Crippen molar-refractivity contribution < 1.29 is 29.4 Å². The van der Waals surface area contributed by atoms with Crippen LogP contribution < -0.4 is 21.6 Å². The molecule has 0 radical (unpaired) electrons. The number of alkyl carbamates (subject to hydrolysis) is 1. The Kier molecular flexibility index (Phi) is 7.11. The number of nitrogens with zero attached hydrogens (tertiary/aromatic N) is 2. The first-order valence-corrected chi connectivity index (χ1v) is 7.86. The van der Waals surface area contributed by atoms with Crippen LogP contribution in [0.1, 0.15) is 33.6 Å². The highest BCUT2D eigenvalue weighted by molar-refractivity contribution is 5.81. The Morgan fingerprint density at radius 2 is 1.85 bits per heavy atom. The van der Waals surface area contributed by atoms with Gasteiger partial charge in [-0.2, -0.15) is 0 Å². The van der Waals surface area contributed by atoms with Gasteiger partial charge in [-0.15, -0.1) is 4.73 Å². The molecule has 0 fully saturated rings. The summed E-state index contributed by atoms with van der Waals surface area (Å²) in [5.74, 6) is -1.96. The highest BCUT2D eigenvalue weighted by Gasteiger charge is 2.27. The number of nitrogens with two attached hydrogens (primary N) is 2. The van der Waals surface area contributed by atoms with Crippen molar-refractivity contribution in [1.29, 1.82) is 0 Å². The molecule has 1 amide bonds. The number of nitrogens with one attached hydrogen (secondary N) is 1. The Bertz CT molecular complexity index is 640. The van der Waals surface area contributed by atoms with Crippen LogP contribution in [-0.2, 0) is 9.53 Å². The summed E-state index contributed by atoms with van der Waals surface area (Å²) in [6.45, 7) is 5.26. The van der Waals surface area contributed by atoms with Gasteiger partial charge in [0.05, 0.1) is 0 Å². The van der Waals surface area contributed by atoms with E-state index in [4.69, 9.17) is 21.0 Å². The third-order valence-electron chi connectivity index (χ3n) is 2.90. The predicted molar refractivity (Wildman–Crippen MR) is 92.4 cm³/mol. The number of carbonyl (C=O) groups is 2. The SMILES string of the molecule is CC(C)(C)OC(=O)N[C@H](CCCN=C(N)N)C(=O)On1c(O)ccc1O. The van der Waals surface area contributed by atoms with Crippen LogP contribution in [0.3, 0.4) is 0 Å². The highest BCUT2D eigenvalue weighted by Crippen LogP contribution is 2.19. The molecule has 0 unspecified atom stereocenters. The number of rotatable bonds is 7. The topological polar surface area (TPSA) is 174 Å². The molecule has 1 aromatic rings. The monoisotopic (exact) mass is 371 g/mol. The lowest BCUT2D eigenvalue weighted by Crippen LogP contribution is -2.46. The van der Waals surface area contributed by atoms with Gasteiger partial charge in [-0.25, -0.2) is 9.59 Å². The average Bonchev–Trinajstić information content (AvgIpc) is 2.80. The summed E-state index contributed by atoms with van der Waals surface area (Å²) in [6, 6.07) is 1.16. The van der Waals surface area contributed by atoms with Crippen molar-refractivity contribution in [3.63, 3.8) is 0 Å². The van der Waals surface area contributed by atoms with E-state index in [-0.39, 0.29) is 18.9 Å². The predicted octanol–water partition coefficient (Wildman–Crippen LogP) is -0.199. The van der Waals surface area contributed by atoms with Gasteiger partial charge >= 0.3 is 12.1 Å². The van der Waals surface area contributed by atoms with Gasteiger partial charge in [-0.3, -0.25) is 4.99 Å². The van der Waals surface area contributed by atoms with E-state index in [0.717, 1.165) is 12.1 Å². The normalized spacial score (nSPS) is 12.1. The molecular formula is C15H25N5O6. The van der Waals surface area contributed by atoms with Crippen molar-refractivity contribution >= 4 is 18.0 Å². The summed E-state index contributed by atoms with van der Waals surface area (Å²) in [6.07, 6.45) is -0.323. The maximum Gasteiger partial charge on any atom is 0.408 e. The third-order valence-corrected chi connectivity index (χ3v) is 2.90. The van der Waals surface area contributed by atoms with E-state index in [1.54, 1.807) is 20.8 Å². The summed E-state index contributed by atoms with van der Waals surface area (Å²) in [4.78, 5) is 33.0. The lowest BCUT2D eigenvalue weighted by Gasteiger charge is -2.22. The molecule has 11 heteroatoms. The fourth-order valence-electron chi connectivity index (χ4n) is 1.85. The molecule has 1 heterocycles. The summed E-state index contributed by atoms with van der Waals surface area (Å²) < 4.78 is 5.64. The maximum atomic E-state index is 12.3. The summed E-state index contributed by atoms with van der Waals surface area (Å²) in [5, 5.41) is 21.5. The van der Waals surface area contributed by atoms with Crippen LogP contribution in [-0.4, -0.2) is 51.2 Å². The summed E-state index contributed by atoms with van der Waals surface area (Å²) in [7, 11) is 0. The number of carbonyl (C=O) groups excluding carboxylic acids is 2. The zero-order chi connectivity index (χ0) is 19.9. The molecule has 0 bridgehead atoms. The molecule has 11 nitrogen and oxygen atoms in total. The zero-order valence-electron chi connectivity index (χ0n) is 14.9. The number of ether oxygens (including phenoxy) is 1. The first-order chi connectivity index (χ1) is 12.0. The minimum Gasteiger partial charge on any atom is -0.492 e. The fraction of sp³-hybridized carbons (Fsp3) is 0.533. The van der Waals surface area contributed by atoms with Crippen molar-refractivity contribution in [2.24, 2.45) is 16.5 Å². The van der Waals surface area contributed by atoms with Gasteiger partial charge in [-0.05, 0) is 33.6 Å². The second-order valence-electron chi connectivity index (χ2n) is 6.40. The zero-order valence-corrected chi connectivity index (χ0v) is 14.9. The molecular weight excluding hydrogens is 346 g/mol. The Morgan fingerprint density at radius 1 is 1.27 bits per heavy atom. The number of aromatic nitrogens is 1. The molecule has 0 aliphatic heterocycles. The lowest BCUT2D eigenvalue weighted by molar-refractivity contribution is -0.148. The number of hydrogen-bond acceptors (Lipinski definition) is 7. The molecule has 26 heavy (non-hydrogen) atoms. The Labute approximate surface area is 150 Å². The average molecular weight is 371 g/mol. The van der Waals surface area contributed by atoms with Crippen molar-refractivity contribution in [3.05, 3.63) is 12.1 Å². The summed E-state index contributed by atoms with van der Waals surface area (Å²) >= 11 is 0. The van der Waals surface area contributed by atoms with Crippen LogP contribution in [0, 0.1) is 0 Å². The molecule has 0 aliphatic carbocycles. The standard InChI is InChI=1S/C15H25N5O6/c1-15(2,3)25-14(24)19-9(5-4-8-18-13(16)17)12(23)26-20-10(21)6-7-11(20)22/h6-7,9,21-22H,4-5,8H2,1-3H3,(H,19,24)(H4,16,17,18)/t9-/m1/s1. The van der Waals surface area contributed by atoms with Crippen molar-refractivity contribution in [2.75, 3.05) is 6.54 Å². The molecule has 0 saturated carbocycles. The molecule has 0 aliphatic rings. The number of aliphatic imine (C=N–C) groups is 1. The maximum absolute atomic E-state index is 12.3. The number of guanidine groups is 1. The van der Waals surface area contributed by atoms with Gasteiger partial charge in [0.15, 0.2) is 5.96 Å². The van der Waals surface area contributed by atoms with E-state index in [2.05, 4.69) is 10.3 Å². The third kappa shape index (κ3) is 7.20. The molecule has 1 aromatic heterocycles. The van der Waals surface area contributed by atoms with Crippen molar-refractivity contribution in [3.8, 4) is 11.8 Å². The highest BCUT2D eigenvalue weighted by atomic mass is 16.7. The number of aromatic hydroxyl groups is 2. The van der Waals surface area contributed by atoms with Gasteiger partial charge in [-0.1, -0.05) is 0 Å². The van der Waals surface area contributed by atoms with E-state index in [1.165, 1.54) is 0 Å². The van der Waals surface area contributed by atoms with Gasteiger partial charge < -0.3 is 36.6 Å². The van der Waals surface area contributed by atoms with Gasteiger partial charge in [0.1, 0.15) is 11.6 Å². The van der Waals surface area contributed by atoms with Crippen LogP contribution in [0.15, 0.2) is 17.1 Å². The van der Waals surface area contributed by atoms with Gasteiger partial charge in [0.2, 0.25) is 11.8 Å². The van der Waals surface area contributed by atoms with E-state index in [1.807, 2.05) is 0 Å². The van der Waals surface area contributed by atoms with E-state index < -0.39 is 35.5 Å². The Balaban J connectivity index is 2.79. The molecule has 0 spiro atoms. The molecule has 0 saturated heterocycles. The quantitative estimate of drug-likeness (QED) is 0.249. The van der Waals surface area contributed by atoms with Crippen LogP contribution in [0.5, 0.6) is 11.8 Å². The van der Waals surface area contributed by atoms with Crippen LogP contribution >= 0.6 is 0 Å². The van der Waals surface area contributed by atoms with Crippen LogP contribution in [0.4, 0.5) is 4.79 Å². The molecule has 0 aromatic carbocycles. The molecule has 7 N–H and O–H groups in total. The van der Waals surface area contributed by atoms with Crippen molar-refractivity contribution in [2.45, 2.75) is 45.3 Å². The summed E-state index contributed by atoms with van der Waals surface area (Å²) in [5.41, 5.74) is 9.70. The first-order valence-electron chi connectivity index (χ1n) is 7.86. The number of hydrogen-bond donors (Lipinski definition) is 5. The smallest absolute Gasteiger partial charge is 0.408 e. The molecule has 1 atom stereocenters. The second kappa shape index (κ2) is 8.83. The van der Waals surface area contributed by atoms with Crippen molar-refractivity contribution in [1.82, 2.24) is 10.0 Å². The largest absolute Gasteiger partial charge is 0.492 e. The molecule has 1 rings (SSSR count). The van der Waals surface area contributed by atoms with E-state index >= 15 is 0 Å². The molecule has 146 valence electrons.